The van der Waals surface area contributed by atoms with Gasteiger partial charge in [0.15, 0.2) is 0 Å². The first-order chi connectivity index (χ1) is 14.1. The van der Waals surface area contributed by atoms with E-state index in [1.54, 1.807) is 0 Å². The van der Waals surface area contributed by atoms with Crippen LogP contribution >= 0.6 is 0 Å². The summed E-state index contributed by atoms with van der Waals surface area (Å²) in [5, 5.41) is 5.54. The van der Waals surface area contributed by atoms with E-state index >= 15 is 0 Å². The lowest BCUT2D eigenvalue weighted by molar-refractivity contribution is 0.0883. The zero-order valence-electron chi connectivity index (χ0n) is 18.4. The number of benzene rings is 2. The highest BCUT2D eigenvalue weighted by Gasteiger charge is 2.30. The van der Waals surface area contributed by atoms with Gasteiger partial charge in [0.25, 0.3) is 10.1 Å². The zero-order valence-corrected chi connectivity index (χ0v) is 19.2. The van der Waals surface area contributed by atoms with Crippen molar-refractivity contribution >= 4 is 20.9 Å². The Balaban J connectivity index is 1.51. The summed E-state index contributed by atoms with van der Waals surface area (Å²) >= 11 is 0. The highest BCUT2D eigenvalue weighted by molar-refractivity contribution is 7.85. The molecule has 1 fully saturated rings. The van der Waals surface area contributed by atoms with Gasteiger partial charge < -0.3 is 10.1 Å². The van der Waals surface area contributed by atoms with Gasteiger partial charge in [0.2, 0.25) is 0 Å². The Morgan fingerprint density at radius 2 is 1.70 bits per heavy atom. The molecule has 166 valence electrons. The largest absolute Gasteiger partial charge is 0.490 e. The van der Waals surface area contributed by atoms with E-state index in [2.05, 4.69) is 62.5 Å². The Kier molecular flexibility index (Phi) is 7.43. The molecule has 1 saturated carbocycles. The second-order valence-electron chi connectivity index (χ2n) is 9.62. The van der Waals surface area contributed by atoms with Crippen LogP contribution in [-0.4, -0.2) is 31.4 Å². The molecule has 0 unspecified atom stereocenters. The minimum atomic E-state index is -3.87. The monoisotopic (exact) mass is 433 g/mol. The third-order valence-corrected chi connectivity index (χ3v) is 6.97. The number of ether oxygens (including phenoxy) is 1. The predicted octanol–water partition coefficient (Wildman–Crippen LogP) is 5.19. The van der Waals surface area contributed by atoms with Gasteiger partial charge in [0.1, 0.15) is 5.75 Å². The lowest BCUT2D eigenvalue weighted by Crippen LogP contribution is -2.30. The quantitative estimate of drug-likeness (QED) is 0.442. The maximum Gasteiger partial charge on any atom is 0.264 e. The molecule has 0 radical (unpaired) electrons. The molecule has 0 bridgehead atoms. The van der Waals surface area contributed by atoms with Crippen LogP contribution in [0.1, 0.15) is 58.4 Å². The SMILES string of the molecule is CC(C)(C)[C@H]1CC[C@H](Oc2ccc3cc(CNCCCS(=O)(=O)O)ccc3c2)CC1. The molecule has 3 rings (SSSR count). The number of nitrogens with one attached hydrogen (secondary N) is 1. The van der Waals surface area contributed by atoms with E-state index in [1.807, 2.05) is 0 Å². The average Bonchev–Trinajstić information content (AvgIpc) is 2.66. The van der Waals surface area contributed by atoms with Crippen molar-refractivity contribution in [1.82, 2.24) is 5.32 Å². The van der Waals surface area contributed by atoms with Crippen molar-refractivity contribution in [1.29, 1.82) is 0 Å². The molecule has 1 aliphatic carbocycles. The molecule has 0 heterocycles. The fourth-order valence-electron chi connectivity index (χ4n) is 4.31. The standard InChI is InChI=1S/C24H35NO4S/c1-24(2,3)21-8-11-22(12-9-21)29-23-10-7-19-15-18(5-6-20(19)16-23)17-25-13-4-14-30(26,27)28/h5-7,10,15-16,21-22,25H,4,8-9,11-14,17H2,1-3H3,(H,26,27,28)/t21-,22-. The minimum Gasteiger partial charge on any atom is -0.490 e. The number of hydrogen-bond donors (Lipinski definition) is 2. The van der Waals surface area contributed by atoms with Crippen molar-refractivity contribution in [3.63, 3.8) is 0 Å². The Morgan fingerprint density at radius 3 is 2.37 bits per heavy atom. The van der Waals surface area contributed by atoms with Crippen LogP contribution in [0.25, 0.3) is 10.8 Å². The summed E-state index contributed by atoms with van der Waals surface area (Å²) < 4.78 is 36.5. The number of fused-ring (bicyclic) bond motifs is 1. The van der Waals surface area contributed by atoms with E-state index in [0.29, 0.717) is 31.0 Å². The molecule has 2 N–H and O–H groups in total. The molecule has 1 aliphatic rings. The maximum absolute atomic E-state index is 10.7. The molecule has 0 saturated heterocycles. The number of rotatable bonds is 8. The molecule has 6 heteroatoms. The van der Waals surface area contributed by atoms with Crippen molar-refractivity contribution in [2.45, 2.75) is 65.5 Å². The fourth-order valence-corrected chi connectivity index (χ4v) is 4.82. The van der Waals surface area contributed by atoms with Crippen molar-refractivity contribution in [2.75, 3.05) is 12.3 Å². The van der Waals surface area contributed by atoms with E-state index in [4.69, 9.17) is 9.29 Å². The summed E-state index contributed by atoms with van der Waals surface area (Å²) in [5.74, 6) is 1.52. The molecule has 0 amide bonds. The van der Waals surface area contributed by atoms with Crippen LogP contribution in [-0.2, 0) is 16.7 Å². The lowest BCUT2D eigenvalue weighted by atomic mass is 9.72. The minimum absolute atomic E-state index is 0.210. The Labute approximate surface area is 181 Å². The molecule has 5 nitrogen and oxygen atoms in total. The predicted molar refractivity (Wildman–Crippen MR) is 123 cm³/mol. The molecule has 0 spiro atoms. The van der Waals surface area contributed by atoms with Crippen LogP contribution in [0.5, 0.6) is 5.75 Å². The topological polar surface area (TPSA) is 75.6 Å². The Hall–Kier alpha value is -1.63. The van der Waals surface area contributed by atoms with Gasteiger partial charge in [-0.25, -0.2) is 0 Å². The smallest absolute Gasteiger partial charge is 0.264 e. The first-order valence-corrected chi connectivity index (χ1v) is 12.6. The molecule has 30 heavy (non-hydrogen) atoms. The second kappa shape index (κ2) is 9.67. The molecular weight excluding hydrogens is 398 g/mol. The fraction of sp³-hybridized carbons (Fsp3) is 0.583. The van der Waals surface area contributed by atoms with Gasteiger partial charge in [0, 0.05) is 6.54 Å². The summed E-state index contributed by atoms with van der Waals surface area (Å²) in [6, 6.07) is 12.6. The van der Waals surface area contributed by atoms with Crippen LogP contribution in [0.3, 0.4) is 0 Å². The van der Waals surface area contributed by atoms with Gasteiger partial charge >= 0.3 is 0 Å². The van der Waals surface area contributed by atoms with Crippen molar-refractivity contribution in [3.8, 4) is 5.75 Å². The number of hydrogen-bond acceptors (Lipinski definition) is 4. The summed E-state index contributed by atoms with van der Waals surface area (Å²) in [4.78, 5) is 0. The molecule has 0 aliphatic heterocycles. The van der Waals surface area contributed by atoms with E-state index in [-0.39, 0.29) is 5.75 Å². The normalized spacial score (nSPS) is 20.4. The van der Waals surface area contributed by atoms with Gasteiger partial charge in [-0.3, -0.25) is 4.55 Å². The Bertz CT molecular complexity index is 941. The molecule has 0 atom stereocenters. The van der Waals surface area contributed by atoms with E-state index in [1.165, 1.54) is 12.8 Å². The van der Waals surface area contributed by atoms with Crippen molar-refractivity contribution < 1.29 is 17.7 Å². The van der Waals surface area contributed by atoms with Crippen molar-refractivity contribution in [2.24, 2.45) is 11.3 Å². The van der Waals surface area contributed by atoms with Crippen LogP contribution in [0, 0.1) is 11.3 Å². The highest BCUT2D eigenvalue weighted by atomic mass is 32.2. The van der Waals surface area contributed by atoms with E-state index in [0.717, 1.165) is 40.8 Å². The summed E-state index contributed by atoms with van der Waals surface area (Å²) in [7, 11) is -3.87. The summed E-state index contributed by atoms with van der Waals surface area (Å²) in [6.45, 7) is 8.22. The maximum atomic E-state index is 10.7. The molecular formula is C24H35NO4S. The first-order valence-electron chi connectivity index (χ1n) is 11.0. The van der Waals surface area contributed by atoms with E-state index in [9.17, 15) is 8.42 Å². The van der Waals surface area contributed by atoms with Gasteiger partial charge in [-0.1, -0.05) is 39.0 Å². The zero-order chi connectivity index (χ0) is 21.8. The van der Waals surface area contributed by atoms with E-state index < -0.39 is 10.1 Å². The van der Waals surface area contributed by atoms with Crippen LogP contribution in [0.2, 0.25) is 0 Å². The highest BCUT2D eigenvalue weighted by Crippen LogP contribution is 2.39. The second-order valence-corrected chi connectivity index (χ2v) is 11.2. The third kappa shape index (κ3) is 6.96. The third-order valence-electron chi connectivity index (χ3n) is 6.16. The average molecular weight is 434 g/mol. The summed E-state index contributed by atoms with van der Waals surface area (Å²) in [5.41, 5.74) is 1.53. The van der Waals surface area contributed by atoms with Gasteiger partial charge in [-0.05, 0) is 84.5 Å². The van der Waals surface area contributed by atoms with Crippen molar-refractivity contribution in [3.05, 3.63) is 42.0 Å². The van der Waals surface area contributed by atoms with Gasteiger partial charge in [-0.2, -0.15) is 8.42 Å². The molecule has 2 aromatic rings. The van der Waals surface area contributed by atoms with Crippen LogP contribution < -0.4 is 10.1 Å². The molecule has 0 aromatic heterocycles. The van der Waals surface area contributed by atoms with Crippen LogP contribution in [0.4, 0.5) is 0 Å². The Morgan fingerprint density at radius 1 is 1.03 bits per heavy atom. The summed E-state index contributed by atoms with van der Waals surface area (Å²) in [6.07, 6.45) is 5.44. The lowest BCUT2D eigenvalue weighted by Gasteiger charge is -2.37. The van der Waals surface area contributed by atoms with Gasteiger partial charge in [0.05, 0.1) is 11.9 Å². The molecule has 2 aromatic carbocycles. The first kappa shape index (κ1) is 23.0. The van der Waals surface area contributed by atoms with Gasteiger partial charge in [-0.15, -0.1) is 0 Å². The van der Waals surface area contributed by atoms with Crippen LogP contribution in [0.15, 0.2) is 36.4 Å².